The molecule has 0 aliphatic carbocycles. The zero-order valence-electron chi connectivity index (χ0n) is 4.39. The Kier molecular flexibility index (Phi) is 3.02. The van der Waals surface area contributed by atoms with Gasteiger partial charge < -0.3 is 5.11 Å². The van der Waals surface area contributed by atoms with E-state index in [2.05, 4.69) is 11.6 Å². The molecule has 0 aromatic rings. The monoisotopic (exact) mass is 99.1 g/mol. The van der Waals surface area contributed by atoms with E-state index in [-0.39, 0.29) is 5.88 Å². The Morgan fingerprint density at radius 3 is 2.71 bits per heavy atom. The Bertz CT molecular complexity index is 86.1. The molecule has 7 heavy (non-hydrogen) atoms. The third-order valence-corrected chi connectivity index (χ3v) is 0.423. The molecule has 0 atom stereocenters. The predicted octanol–water partition coefficient (Wildman–Crippen LogP) is 1.50. The van der Waals surface area contributed by atoms with Gasteiger partial charge in [-0.25, -0.2) is 4.99 Å². The van der Waals surface area contributed by atoms with Gasteiger partial charge in [-0.05, 0) is 13.0 Å². The summed E-state index contributed by atoms with van der Waals surface area (Å²) < 4.78 is 0. The maximum absolute atomic E-state index is 8.29. The molecule has 0 rings (SSSR count). The standard InChI is InChI=1S/C5H9NO/c1-3-4-6-5(2)7/h4,7H,2-3H2,1H3/b6-4-. The molecule has 0 bridgehead atoms. The molecular weight excluding hydrogens is 90.1 g/mol. The minimum Gasteiger partial charge on any atom is -0.494 e. The highest BCUT2D eigenvalue weighted by Crippen LogP contribution is 1.80. The van der Waals surface area contributed by atoms with Gasteiger partial charge >= 0.3 is 0 Å². The van der Waals surface area contributed by atoms with Crippen molar-refractivity contribution in [2.45, 2.75) is 13.3 Å². The third kappa shape index (κ3) is 5.21. The largest absolute Gasteiger partial charge is 0.494 e. The van der Waals surface area contributed by atoms with Crippen molar-refractivity contribution in [2.24, 2.45) is 4.99 Å². The van der Waals surface area contributed by atoms with Gasteiger partial charge in [0, 0.05) is 6.21 Å². The minimum atomic E-state index is -0.123. The lowest BCUT2D eigenvalue weighted by Gasteiger charge is -1.80. The van der Waals surface area contributed by atoms with Crippen molar-refractivity contribution < 1.29 is 5.11 Å². The topological polar surface area (TPSA) is 32.6 Å². The Morgan fingerprint density at radius 2 is 2.57 bits per heavy atom. The summed E-state index contributed by atoms with van der Waals surface area (Å²) in [6.45, 7) is 5.09. The summed E-state index contributed by atoms with van der Waals surface area (Å²) in [6, 6.07) is 0. The zero-order valence-corrected chi connectivity index (χ0v) is 4.39. The molecule has 0 spiro atoms. The fourth-order valence-corrected chi connectivity index (χ4v) is 0.197. The lowest BCUT2D eigenvalue weighted by atomic mass is 10.5. The van der Waals surface area contributed by atoms with Gasteiger partial charge in [0.2, 0.25) is 5.88 Å². The van der Waals surface area contributed by atoms with E-state index in [1.54, 1.807) is 6.21 Å². The summed E-state index contributed by atoms with van der Waals surface area (Å²) in [6.07, 6.45) is 2.43. The first-order valence-corrected chi connectivity index (χ1v) is 2.17. The van der Waals surface area contributed by atoms with Crippen molar-refractivity contribution in [3.8, 4) is 0 Å². The lowest BCUT2D eigenvalue weighted by molar-refractivity contribution is 0.410. The summed E-state index contributed by atoms with van der Waals surface area (Å²) in [5, 5.41) is 8.29. The van der Waals surface area contributed by atoms with Crippen LogP contribution in [-0.2, 0) is 0 Å². The quantitative estimate of drug-likeness (QED) is 0.413. The lowest BCUT2D eigenvalue weighted by Crippen LogP contribution is -1.70. The van der Waals surface area contributed by atoms with Gasteiger partial charge in [0.15, 0.2) is 0 Å². The number of nitrogens with zero attached hydrogens (tertiary/aromatic N) is 1. The number of aliphatic hydroxyl groups excluding tert-OH is 1. The number of hydrogen-bond acceptors (Lipinski definition) is 2. The van der Waals surface area contributed by atoms with Gasteiger partial charge in [0.25, 0.3) is 0 Å². The molecule has 0 aromatic carbocycles. The highest BCUT2D eigenvalue weighted by Gasteiger charge is 1.70. The molecular formula is C5H9NO. The molecule has 40 valence electrons. The fourth-order valence-electron chi connectivity index (χ4n) is 0.197. The summed E-state index contributed by atoms with van der Waals surface area (Å²) in [5.74, 6) is -0.123. The first-order chi connectivity index (χ1) is 3.27. The molecule has 0 aliphatic heterocycles. The number of rotatable bonds is 2. The van der Waals surface area contributed by atoms with E-state index in [1.807, 2.05) is 6.92 Å². The summed E-state index contributed by atoms with van der Waals surface area (Å²) in [5.41, 5.74) is 0. The second kappa shape index (κ2) is 3.40. The fraction of sp³-hybridized carbons (Fsp3) is 0.400. The zero-order chi connectivity index (χ0) is 5.70. The molecule has 0 unspecified atom stereocenters. The minimum absolute atomic E-state index is 0.123. The van der Waals surface area contributed by atoms with E-state index in [0.717, 1.165) is 6.42 Å². The van der Waals surface area contributed by atoms with Crippen molar-refractivity contribution in [1.29, 1.82) is 0 Å². The van der Waals surface area contributed by atoms with Gasteiger partial charge in [-0.1, -0.05) is 6.92 Å². The first-order valence-electron chi connectivity index (χ1n) is 2.17. The van der Waals surface area contributed by atoms with E-state index in [1.165, 1.54) is 0 Å². The highest BCUT2D eigenvalue weighted by molar-refractivity contribution is 5.57. The van der Waals surface area contributed by atoms with E-state index >= 15 is 0 Å². The van der Waals surface area contributed by atoms with Crippen molar-refractivity contribution >= 4 is 6.21 Å². The maximum Gasteiger partial charge on any atom is 0.202 e. The first kappa shape index (κ1) is 6.21. The van der Waals surface area contributed by atoms with E-state index < -0.39 is 0 Å². The smallest absolute Gasteiger partial charge is 0.202 e. The normalized spacial score (nSPS) is 9.86. The van der Waals surface area contributed by atoms with Crippen molar-refractivity contribution in [3.05, 3.63) is 12.5 Å². The SMILES string of the molecule is C=C(O)/N=C\CC. The molecule has 0 aromatic heterocycles. The number of hydrogen-bond donors (Lipinski definition) is 1. The summed E-state index contributed by atoms with van der Waals surface area (Å²) in [4.78, 5) is 3.48. The van der Waals surface area contributed by atoms with Crippen LogP contribution in [0, 0.1) is 0 Å². The number of aliphatic hydroxyl groups is 1. The molecule has 2 heteroatoms. The average molecular weight is 99.1 g/mol. The Hall–Kier alpha value is -0.790. The van der Waals surface area contributed by atoms with Crippen LogP contribution in [0.3, 0.4) is 0 Å². The van der Waals surface area contributed by atoms with Crippen LogP contribution in [0.2, 0.25) is 0 Å². The molecule has 0 amide bonds. The van der Waals surface area contributed by atoms with E-state index in [4.69, 9.17) is 5.11 Å². The van der Waals surface area contributed by atoms with E-state index in [0.29, 0.717) is 0 Å². The molecule has 0 fully saturated rings. The second-order valence-corrected chi connectivity index (χ2v) is 1.14. The van der Waals surface area contributed by atoms with Crippen LogP contribution >= 0.6 is 0 Å². The summed E-state index contributed by atoms with van der Waals surface area (Å²) >= 11 is 0. The van der Waals surface area contributed by atoms with Crippen molar-refractivity contribution in [1.82, 2.24) is 0 Å². The van der Waals surface area contributed by atoms with Crippen molar-refractivity contribution in [2.75, 3.05) is 0 Å². The van der Waals surface area contributed by atoms with Crippen LogP contribution in [-0.4, -0.2) is 11.3 Å². The van der Waals surface area contributed by atoms with E-state index in [9.17, 15) is 0 Å². The molecule has 0 aliphatic rings. The Morgan fingerprint density at radius 1 is 2.00 bits per heavy atom. The van der Waals surface area contributed by atoms with Crippen LogP contribution in [0.4, 0.5) is 0 Å². The van der Waals surface area contributed by atoms with Gasteiger partial charge in [0.1, 0.15) is 0 Å². The maximum atomic E-state index is 8.29. The average Bonchev–Trinajstić information content (AvgIpc) is 1.61. The Balaban J connectivity index is 3.26. The van der Waals surface area contributed by atoms with Crippen LogP contribution in [0.15, 0.2) is 17.5 Å². The second-order valence-electron chi connectivity index (χ2n) is 1.14. The summed E-state index contributed by atoms with van der Waals surface area (Å²) in [7, 11) is 0. The van der Waals surface area contributed by atoms with Gasteiger partial charge in [0.05, 0.1) is 0 Å². The molecule has 0 saturated heterocycles. The van der Waals surface area contributed by atoms with Gasteiger partial charge in [-0.2, -0.15) is 0 Å². The molecule has 1 N–H and O–H groups in total. The Labute approximate surface area is 43.2 Å². The van der Waals surface area contributed by atoms with Crippen LogP contribution in [0.5, 0.6) is 0 Å². The predicted molar refractivity (Wildman–Crippen MR) is 30.6 cm³/mol. The molecule has 2 nitrogen and oxygen atoms in total. The van der Waals surface area contributed by atoms with Crippen molar-refractivity contribution in [3.63, 3.8) is 0 Å². The third-order valence-electron chi connectivity index (χ3n) is 0.423. The highest BCUT2D eigenvalue weighted by atomic mass is 16.3. The van der Waals surface area contributed by atoms with Gasteiger partial charge in [-0.3, -0.25) is 0 Å². The molecule has 0 saturated carbocycles. The molecule has 0 radical (unpaired) electrons. The molecule has 0 heterocycles. The number of aliphatic imine (C=N–C) groups is 1. The van der Waals surface area contributed by atoms with Crippen LogP contribution in [0.1, 0.15) is 13.3 Å². The van der Waals surface area contributed by atoms with Gasteiger partial charge in [-0.15, -0.1) is 0 Å². The van der Waals surface area contributed by atoms with Crippen LogP contribution < -0.4 is 0 Å². The van der Waals surface area contributed by atoms with Crippen LogP contribution in [0.25, 0.3) is 0 Å².